The Morgan fingerprint density at radius 2 is 1.95 bits per heavy atom. The number of hydrogen-bond acceptors (Lipinski definition) is 4. The van der Waals surface area contributed by atoms with Crippen LogP contribution in [0.25, 0.3) is 10.6 Å². The van der Waals surface area contributed by atoms with Crippen molar-refractivity contribution in [2.75, 3.05) is 12.3 Å². The van der Waals surface area contributed by atoms with Gasteiger partial charge in [-0.05, 0) is 18.1 Å². The number of thiazole rings is 1. The number of sulfonamides is 1. The van der Waals surface area contributed by atoms with E-state index >= 15 is 0 Å². The van der Waals surface area contributed by atoms with Gasteiger partial charge in [0.05, 0.1) is 11.4 Å². The van der Waals surface area contributed by atoms with Crippen LogP contribution in [0.2, 0.25) is 5.02 Å². The second-order valence-corrected chi connectivity index (χ2v) is 8.62. The molecule has 4 nitrogen and oxygen atoms in total. The monoisotopic (exact) mass is 358 g/mol. The van der Waals surface area contributed by atoms with Crippen LogP contribution in [-0.2, 0) is 16.4 Å². The molecule has 1 N–H and O–H groups in total. The van der Waals surface area contributed by atoms with Gasteiger partial charge in [-0.25, -0.2) is 18.1 Å². The Morgan fingerprint density at radius 3 is 2.59 bits per heavy atom. The highest BCUT2D eigenvalue weighted by Crippen LogP contribution is 2.25. The van der Waals surface area contributed by atoms with Crippen LogP contribution in [0.4, 0.5) is 0 Å². The lowest BCUT2D eigenvalue weighted by Crippen LogP contribution is -2.30. The lowest BCUT2D eigenvalue weighted by Gasteiger charge is -2.07. The normalized spacial score (nSPS) is 12.0. The molecule has 0 saturated heterocycles. The fourth-order valence-electron chi connectivity index (χ4n) is 1.98. The highest BCUT2D eigenvalue weighted by molar-refractivity contribution is 7.89. The highest BCUT2D eigenvalue weighted by atomic mass is 35.5. The SMILES string of the molecule is CC(C)CS(=O)(=O)NCCc1csc(-c2ccc(Cl)cc2)n1. The van der Waals surface area contributed by atoms with Crippen molar-refractivity contribution in [2.24, 2.45) is 5.92 Å². The Bertz CT molecular complexity index is 709. The molecule has 2 aromatic rings. The van der Waals surface area contributed by atoms with Crippen molar-refractivity contribution in [3.05, 3.63) is 40.4 Å². The second-order valence-electron chi connectivity index (χ2n) is 5.47. The number of hydrogen-bond donors (Lipinski definition) is 1. The summed E-state index contributed by atoms with van der Waals surface area (Å²) in [6, 6.07) is 7.52. The first-order chi connectivity index (χ1) is 10.4. The minimum absolute atomic E-state index is 0.119. The van der Waals surface area contributed by atoms with E-state index in [1.165, 1.54) is 0 Å². The topological polar surface area (TPSA) is 59.1 Å². The molecule has 22 heavy (non-hydrogen) atoms. The molecular weight excluding hydrogens is 340 g/mol. The fraction of sp³-hybridized carbons (Fsp3) is 0.400. The molecule has 0 aliphatic heterocycles. The number of halogens is 1. The summed E-state index contributed by atoms with van der Waals surface area (Å²) >= 11 is 7.41. The molecule has 1 heterocycles. The molecule has 0 bridgehead atoms. The minimum Gasteiger partial charge on any atom is -0.241 e. The maximum Gasteiger partial charge on any atom is 0.211 e. The molecule has 120 valence electrons. The molecule has 0 atom stereocenters. The van der Waals surface area contributed by atoms with Gasteiger partial charge in [0.2, 0.25) is 10.0 Å². The molecule has 0 radical (unpaired) electrons. The Labute approximate surface area is 140 Å². The van der Waals surface area contributed by atoms with Gasteiger partial charge in [0, 0.05) is 28.9 Å². The van der Waals surface area contributed by atoms with Crippen LogP contribution in [0.15, 0.2) is 29.6 Å². The Kier molecular flexibility index (Phi) is 5.97. The molecule has 0 aliphatic carbocycles. The standard InChI is InChI=1S/C15H19ClN2O2S2/c1-11(2)10-22(19,20)17-8-7-14-9-21-15(18-14)12-3-5-13(16)6-4-12/h3-6,9,11,17H,7-8,10H2,1-2H3. The van der Waals surface area contributed by atoms with Crippen molar-refractivity contribution < 1.29 is 8.42 Å². The summed E-state index contributed by atoms with van der Waals surface area (Å²) in [5.74, 6) is 0.272. The smallest absolute Gasteiger partial charge is 0.211 e. The first-order valence-corrected chi connectivity index (χ1v) is 9.94. The zero-order valence-electron chi connectivity index (χ0n) is 12.5. The zero-order chi connectivity index (χ0) is 16.2. The van der Waals surface area contributed by atoms with Gasteiger partial charge in [0.1, 0.15) is 5.01 Å². The van der Waals surface area contributed by atoms with Gasteiger partial charge in [-0.3, -0.25) is 0 Å². The van der Waals surface area contributed by atoms with Crippen LogP contribution in [-0.4, -0.2) is 25.7 Å². The molecule has 7 heteroatoms. The van der Waals surface area contributed by atoms with E-state index in [1.54, 1.807) is 11.3 Å². The van der Waals surface area contributed by atoms with Gasteiger partial charge in [0.25, 0.3) is 0 Å². The molecular formula is C15H19ClN2O2S2. The van der Waals surface area contributed by atoms with E-state index in [2.05, 4.69) is 9.71 Å². The van der Waals surface area contributed by atoms with E-state index in [1.807, 2.05) is 43.5 Å². The minimum atomic E-state index is -3.19. The second kappa shape index (κ2) is 7.55. The highest BCUT2D eigenvalue weighted by Gasteiger charge is 2.12. The summed E-state index contributed by atoms with van der Waals surface area (Å²) in [5.41, 5.74) is 1.91. The molecule has 0 amide bonds. The summed E-state index contributed by atoms with van der Waals surface area (Å²) in [4.78, 5) is 4.53. The Balaban J connectivity index is 1.91. The molecule has 1 aromatic heterocycles. The maximum absolute atomic E-state index is 11.7. The predicted molar refractivity (Wildman–Crippen MR) is 92.9 cm³/mol. The van der Waals surface area contributed by atoms with Gasteiger partial charge in [-0.15, -0.1) is 11.3 Å². The van der Waals surface area contributed by atoms with Gasteiger partial charge in [-0.1, -0.05) is 37.6 Å². The first kappa shape index (κ1) is 17.4. The number of nitrogens with one attached hydrogen (secondary N) is 1. The van der Waals surface area contributed by atoms with E-state index in [0.717, 1.165) is 16.3 Å². The third-order valence-electron chi connectivity index (χ3n) is 2.90. The van der Waals surface area contributed by atoms with Crippen molar-refractivity contribution >= 4 is 33.0 Å². The van der Waals surface area contributed by atoms with Crippen LogP contribution >= 0.6 is 22.9 Å². The summed E-state index contributed by atoms with van der Waals surface area (Å²) in [5, 5.41) is 3.57. The average molecular weight is 359 g/mol. The Morgan fingerprint density at radius 1 is 1.27 bits per heavy atom. The summed E-state index contributed by atoms with van der Waals surface area (Å²) < 4.78 is 26.1. The number of benzene rings is 1. The van der Waals surface area contributed by atoms with Crippen molar-refractivity contribution in [3.63, 3.8) is 0 Å². The Hall–Kier alpha value is -0.950. The number of nitrogens with zero attached hydrogens (tertiary/aromatic N) is 1. The average Bonchev–Trinajstić information content (AvgIpc) is 2.86. The zero-order valence-corrected chi connectivity index (χ0v) is 14.9. The van der Waals surface area contributed by atoms with E-state index in [4.69, 9.17) is 11.6 Å². The molecule has 1 aromatic carbocycles. The molecule has 0 aliphatic rings. The lowest BCUT2D eigenvalue weighted by atomic mass is 10.2. The number of rotatable bonds is 7. The third-order valence-corrected chi connectivity index (χ3v) is 5.84. The van der Waals surface area contributed by atoms with Crippen molar-refractivity contribution in [3.8, 4) is 10.6 Å². The molecule has 0 spiro atoms. The summed E-state index contributed by atoms with van der Waals surface area (Å²) in [6.45, 7) is 4.15. The van der Waals surface area contributed by atoms with Crippen molar-refractivity contribution in [1.29, 1.82) is 0 Å². The van der Waals surface area contributed by atoms with Crippen LogP contribution in [0.3, 0.4) is 0 Å². The summed E-state index contributed by atoms with van der Waals surface area (Å²) in [6.07, 6.45) is 0.585. The van der Waals surface area contributed by atoms with Crippen molar-refractivity contribution in [1.82, 2.24) is 9.71 Å². The van der Waals surface area contributed by atoms with E-state index in [0.29, 0.717) is 18.0 Å². The van der Waals surface area contributed by atoms with Crippen LogP contribution in [0.1, 0.15) is 19.5 Å². The molecule has 0 unspecified atom stereocenters. The summed E-state index contributed by atoms with van der Waals surface area (Å²) in [7, 11) is -3.19. The third kappa shape index (κ3) is 5.35. The van der Waals surface area contributed by atoms with E-state index < -0.39 is 10.0 Å². The van der Waals surface area contributed by atoms with Gasteiger partial charge in [0.15, 0.2) is 0 Å². The van der Waals surface area contributed by atoms with E-state index in [9.17, 15) is 8.42 Å². The van der Waals surface area contributed by atoms with E-state index in [-0.39, 0.29) is 11.7 Å². The quantitative estimate of drug-likeness (QED) is 0.822. The van der Waals surface area contributed by atoms with Gasteiger partial charge < -0.3 is 0 Å². The predicted octanol–water partition coefficient (Wildman–Crippen LogP) is 3.58. The van der Waals surface area contributed by atoms with Crippen LogP contribution in [0, 0.1) is 5.92 Å². The van der Waals surface area contributed by atoms with Gasteiger partial charge >= 0.3 is 0 Å². The largest absolute Gasteiger partial charge is 0.241 e. The molecule has 2 rings (SSSR count). The van der Waals surface area contributed by atoms with Crippen LogP contribution < -0.4 is 4.72 Å². The van der Waals surface area contributed by atoms with Crippen LogP contribution in [0.5, 0.6) is 0 Å². The lowest BCUT2D eigenvalue weighted by molar-refractivity contribution is 0.568. The molecule has 0 saturated carbocycles. The van der Waals surface area contributed by atoms with Gasteiger partial charge in [-0.2, -0.15) is 0 Å². The van der Waals surface area contributed by atoms with Crippen molar-refractivity contribution in [2.45, 2.75) is 20.3 Å². The first-order valence-electron chi connectivity index (χ1n) is 7.03. The number of aromatic nitrogens is 1. The molecule has 0 fully saturated rings. The fourth-order valence-corrected chi connectivity index (χ4v) is 4.37. The maximum atomic E-state index is 11.7.